The quantitative estimate of drug-likeness (QED) is 0.500. The number of amides is 2. The van der Waals surface area contributed by atoms with Crippen LogP contribution in [0.5, 0.6) is 0 Å². The van der Waals surface area contributed by atoms with Gasteiger partial charge >= 0.3 is 0 Å². The maximum atomic E-state index is 13.0. The van der Waals surface area contributed by atoms with Crippen molar-refractivity contribution >= 4 is 54.0 Å². The number of carbonyl (C=O) groups excluding carboxylic acids is 2. The predicted molar refractivity (Wildman–Crippen MR) is 117 cm³/mol. The average Bonchev–Trinajstić information content (AvgIpc) is 3.42. The summed E-state index contributed by atoms with van der Waals surface area (Å²) < 4.78 is 8.90. The lowest BCUT2D eigenvalue weighted by Gasteiger charge is -2.32. The van der Waals surface area contributed by atoms with E-state index in [2.05, 4.69) is 17.4 Å². The Morgan fingerprint density at radius 1 is 1.10 bits per heavy atom. The summed E-state index contributed by atoms with van der Waals surface area (Å²) in [5, 5.41) is 4.26. The van der Waals surface area contributed by atoms with E-state index >= 15 is 0 Å². The van der Waals surface area contributed by atoms with E-state index in [4.69, 9.17) is 4.42 Å². The van der Waals surface area contributed by atoms with Gasteiger partial charge in [0.2, 0.25) is 0 Å². The first-order valence-electron chi connectivity index (χ1n) is 9.65. The van der Waals surface area contributed by atoms with Gasteiger partial charge in [0.25, 0.3) is 11.8 Å². The fraction of sp³-hybridized carbons (Fsp3) is 0.273. The van der Waals surface area contributed by atoms with Gasteiger partial charge in [-0.05, 0) is 38.0 Å². The van der Waals surface area contributed by atoms with Crippen molar-refractivity contribution in [2.75, 3.05) is 13.1 Å². The van der Waals surface area contributed by atoms with Gasteiger partial charge in [0.15, 0.2) is 5.76 Å². The van der Waals surface area contributed by atoms with E-state index in [1.165, 1.54) is 25.7 Å². The van der Waals surface area contributed by atoms with Crippen LogP contribution in [0, 0.1) is 6.92 Å². The first-order valence-corrected chi connectivity index (χ1v) is 11.3. The monoisotopic (exact) mass is 424 g/mol. The molecule has 0 bridgehead atoms. The number of carbonyl (C=O) groups is 2. The summed E-state index contributed by atoms with van der Waals surface area (Å²) in [4.78, 5) is 28.0. The van der Waals surface area contributed by atoms with Crippen molar-refractivity contribution in [1.29, 1.82) is 0 Å². The number of hydrogen-bond donors (Lipinski definition) is 1. The fourth-order valence-electron chi connectivity index (χ4n) is 3.84. The highest BCUT2D eigenvalue weighted by Gasteiger charge is 2.27. The number of aryl methyl sites for hydroxylation is 1. The molecule has 3 aromatic heterocycles. The lowest BCUT2D eigenvalue weighted by Crippen LogP contribution is -2.46. The lowest BCUT2D eigenvalue weighted by molar-refractivity contribution is 0.0700. The van der Waals surface area contributed by atoms with Gasteiger partial charge in [-0.25, -0.2) is 0 Å². The molecule has 0 radical (unpaired) electrons. The summed E-state index contributed by atoms with van der Waals surface area (Å²) in [5.41, 5.74) is 0.834. The van der Waals surface area contributed by atoms with Crippen LogP contribution in [-0.4, -0.2) is 35.8 Å². The van der Waals surface area contributed by atoms with Crippen molar-refractivity contribution in [3.05, 3.63) is 58.9 Å². The number of furan rings is 1. The molecule has 5 nitrogen and oxygen atoms in total. The van der Waals surface area contributed by atoms with Crippen LogP contribution in [0.4, 0.5) is 0 Å². The number of nitrogens with one attached hydrogen (secondary N) is 1. The summed E-state index contributed by atoms with van der Waals surface area (Å²) in [7, 11) is 0. The van der Waals surface area contributed by atoms with Gasteiger partial charge < -0.3 is 14.6 Å². The van der Waals surface area contributed by atoms with Gasteiger partial charge in [-0.2, -0.15) is 0 Å². The Balaban J connectivity index is 1.25. The molecule has 5 rings (SSSR count). The number of thiophene rings is 2. The molecule has 148 valence electrons. The molecule has 1 aliphatic rings. The molecule has 7 heteroatoms. The van der Waals surface area contributed by atoms with E-state index in [0.717, 1.165) is 23.3 Å². The molecule has 0 spiro atoms. The maximum absolute atomic E-state index is 13.0. The third-order valence-electron chi connectivity index (χ3n) is 5.45. The number of benzene rings is 1. The third-order valence-corrected chi connectivity index (χ3v) is 7.85. The first-order chi connectivity index (χ1) is 14.1. The Labute approximate surface area is 175 Å². The van der Waals surface area contributed by atoms with Crippen molar-refractivity contribution in [3.63, 3.8) is 0 Å². The minimum Gasteiger partial charge on any atom is -0.459 e. The van der Waals surface area contributed by atoms with Gasteiger partial charge in [-0.1, -0.05) is 18.2 Å². The zero-order valence-electron chi connectivity index (χ0n) is 15.9. The number of rotatable bonds is 3. The Morgan fingerprint density at radius 2 is 1.90 bits per heavy atom. The molecule has 1 fully saturated rings. The van der Waals surface area contributed by atoms with Crippen LogP contribution in [0.25, 0.3) is 19.5 Å². The van der Waals surface area contributed by atoms with E-state index in [1.54, 1.807) is 28.7 Å². The largest absolute Gasteiger partial charge is 0.459 e. The molecule has 1 aromatic carbocycles. The third kappa shape index (κ3) is 3.34. The summed E-state index contributed by atoms with van der Waals surface area (Å²) in [6, 6.07) is 12.2. The van der Waals surface area contributed by atoms with Gasteiger partial charge in [0.1, 0.15) is 0 Å². The van der Waals surface area contributed by atoms with Crippen LogP contribution < -0.4 is 5.32 Å². The smallest absolute Gasteiger partial charge is 0.287 e. The van der Waals surface area contributed by atoms with Gasteiger partial charge in [0.05, 0.1) is 15.8 Å². The molecule has 0 aliphatic carbocycles. The Hall–Kier alpha value is -2.64. The van der Waals surface area contributed by atoms with E-state index in [1.807, 2.05) is 30.0 Å². The Morgan fingerprint density at radius 3 is 2.66 bits per heavy atom. The number of likely N-dealkylation sites (tertiary alicyclic amines) is 1. The van der Waals surface area contributed by atoms with Gasteiger partial charge in [-0.3, -0.25) is 9.59 Å². The van der Waals surface area contributed by atoms with Crippen molar-refractivity contribution in [3.8, 4) is 0 Å². The Bertz CT molecular complexity index is 1210. The standard InChI is InChI=1S/C22H20N2O3S2/c1-13-8-11-27-19(13)21(25)23-14-6-9-24(10-7-14)22(26)18-12-17-20(29-18)15-4-2-3-5-16(15)28-17/h2-5,8,11-12,14H,6-7,9-10H2,1H3,(H,23,25). The minimum atomic E-state index is -0.178. The second-order valence-electron chi connectivity index (χ2n) is 7.37. The first kappa shape index (κ1) is 18.4. The number of fused-ring (bicyclic) bond motifs is 3. The van der Waals surface area contributed by atoms with Crippen LogP contribution in [0.3, 0.4) is 0 Å². The molecule has 0 saturated carbocycles. The lowest BCUT2D eigenvalue weighted by atomic mass is 10.0. The molecular formula is C22H20N2O3S2. The summed E-state index contributed by atoms with van der Waals surface area (Å²) in [6.45, 7) is 3.15. The van der Waals surface area contributed by atoms with Crippen molar-refractivity contribution in [2.45, 2.75) is 25.8 Å². The highest BCUT2D eigenvalue weighted by atomic mass is 32.1. The van der Waals surface area contributed by atoms with Crippen LogP contribution in [-0.2, 0) is 0 Å². The van der Waals surface area contributed by atoms with Crippen LogP contribution in [0.2, 0.25) is 0 Å². The molecule has 1 saturated heterocycles. The molecule has 4 aromatic rings. The SMILES string of the molecule is Cc1ccoc1C(=O)NC1CCN(C(=O)c2cc3sc4ccccc4c3s2)CC1. The zero-order chi connectivity index (χ0) is 20.0. The van der Waals surface area contributed by atoms with E-state index in [0.29, 0.717) is 18.8 Å². The predicted octanol–water partition coefficient (Wildman–Crippen LogP) is 5.05. The van der Waals surface area contributed by atoms with Crippen LogP contribution in [0.1, 0.15) is 38.6 Å². The maximum Gasteiger partial charge on any atom is 0.287 e. The summed E-state index contributed by atoms with van der Waals surface area (Å²) in [6.07, 6.45) is 3.03. The summed E-state index contributed by atoms with van der Waals surface area (Å²) >= 11 is 3.32. The highest BCUT2D eigenvalue weighted by Crippen LogP contribution is 2.39. The second kappa shape index (κ2) is 7.31. The van der Waals surface area contributed by atoms with Gasteiger partial charge in [-0.15, -0.1) is 22.7 Å². The van der Waals surface area contributed by atoms with Crippen LogP contribution >= 0.6 is 22.7 Å². The fourth-order valence-corrected chi connectivity index (χ4v) is 6.34. The molecule has 0 unspecified atom stereocenters. The van der Waals surface area contributed by atoms with E-state index in [9.17, 15) is 9.59 Å². The van der Waals surface area contributed by atoms with Crippen molar-refractivity contribution in [1.82, 2.24) is 10.2 Å². The van der Waals surface area contributed by atoms with E-state index in [-0.39, 0.29) is 17.9 Å². The minimum absolute atomic E-state index is 0.0619. The molecule has 4 heterocycles. The Kier molecular flexibility index (Phi) is 4.64. The molecule has 1 N–H and O–H groups in total. The molecule has 2 amide bonds. The molecule has 29 heavy (non-hydrogen) atoms. The topological polar surface area (TPSA) is 62.6 Å². The summed E-state index contributed by atoms with van der Waals surface area (Å²) in [5.74, 6) is 0.283. The highest BCUT2D eigenvalue weighted by molar-refractivity contribution is 7.33. The molecular weight excluding hydrogens is 404 g/mol. The van der Waals surface area contributed by atoms with E-state index < -0.39 is 0 Å². The molecule has 0 atom stereocenters. The van der Waals surface area contributed by atoms with Crippen LogP contribution in [0.15, 0.2) is 47.1 Å². The zero-order valence-corrected chi connectivity index (χ0v) is 17.6. The normalized spacial score (nSPS) is 15.3. The second-order valence-corrected chi connectivity index (χ2v) is 9.51. The number of piperidine rings is 1. The van der Waals surface area contributed by atoms with Gasteiger partial charge in [0, 0.05) is 39.5 Å². The van der Waals surface area contributed by atoms with Crippen molar-refractivity contribution in [2.24, 2.45) is 0 Å². The average molecular weight is 425 g/mol. The molecule has 1 aliphatic heterocycles. The van der Waals surface area contributed by atoms with Crippen molar-refractivity contribution < 1.29 is 14.0 Å². The number of hydrogen-bond acceptors (Lipinski definition) is 5. The number of nitrogens with zero attached hydrogens (tertiary/aromatic N) is 1.